The highest BCUT2D eigenvalue weighted by atomic mass is 14.3. The van der Waals surface area contributed by atoms with Gasteiger partial charge in [0.1, 0.15) is 0 Å². The van der Waals surface area contributed by atoms with Crippen LogP contribution in [0.25, 0.3) is 0 Å². The van der Waals surface area contributed by atoms with E-state index in [2.05, 4.69) is 20.8 Å². The van der Waals surface area contributed by atoms with Crippen LogP contribution in [0.5, 0.6) is 0 Å². The van der Waals surface area contributed by atoms with Gasteiger partial charge in [-0.15, -0.1) is 0 Å². The molecule has 1 aliphatic rings. The van der Waals surface area contributed by atoms with Crippen molar-refractivity contribution in [2.45, 2.75) is 65.7 Å². The molecule has 0 spiro atoms. The van der Waals surface area contributed by atoms with Crippen molar-refractivity contribution in [3.63, 3.8) is 0 Å². The molecule has 1 atom stereocenters. The van der Waals surface area contributed by atoms with E-state index >= 15 is 0 Å². The highest BCUT2D eigenvalue weighted by Crippen LogP contribution is 2.33. The minimum atomic E-state index is 0.899. The maximum Gasteiger partial charge on any atom is -0.0388 e. The molecule has 0 bridgehead atoms. The van der Waals surface area contributed by atoms with Gasteiger partial charge in [-0.25, -0.2) is 0 Å². The summed E-state index contributed by atoms with van der Waals surface area (Å²) in [6.45, 7) is 7.14. The van der Waals surface area contributed by atoms with Gasteiger partial charge in [-0.2, -0.15) is 0 Å². The second kappa shape index (κ2) is 5.67. The number of hydrogen-bond donors (Lipinski definition) is 0. The van der Waals surface area contributed by atoms with Crippen LogP contribution in [0.4, 0.5) is 0 Å². The molecule has 0 aromatic heterocycles. The van der Waals surface area contributed by atoms with Crippen LogP contribution < -0.4 is 0 Å². The first-order valence-electron chi connectivity index (χ1n) is 6.20. The van der Waals surface area contributed by atoms with E-state index in [1.54, 1.807) is 0 Å². The van der Waals surface area contributed by atoms with Crippen molar-refractivity contribution in [1.82, 2.24) is 0 Å². The van der Waals surface area contributed by atoms with Crippen LogP contribution in [0.2, 0.25) is 0 Å². The van der Waals surface area contributed by atoms with E-state index in [9.17, 15) is 0 Å². The molecule has 0 nitrogen and oxygen atoms in total. The summed E-state index contributed by atoms with van der Waals surface area (Å²) in [6.07, 6.45) is 10.4. The molecule has 0 heterocycles. The molecular formula is C13H26. The summed E-state index contributed by atoms with van der Waals surface area (Å²) < 4.78 is 0. The van der Waals surface area contributed by atoms with E-state index in [-0.39, 0.29) is 0 Å². The van der Waals surface area contributed by atoms with E-state index < -0.39 is 0 Å². The average molecular weight is 182 g/mol. The van der Waals surface area contributed by atoms with E-state index in [1.165, 1.54) is 44.9 Å². The molecule has 0 saturated heterocycles. The smallest absolute Gasteiger partial charge is 0.0388 e. The van der Waals surface area contributed by atoms with Gasteiger partial charge in [-0.05, 0) is 17.8 Å². The lowest BCUT2D eigenvalue weighted by molar-refractivity contribution is 0.328. The monoisotopic (exact) mass is 182 g/mol. The van der Waals surface area contributed by atoms with Gasteiger partial charge in [-0.3, -0.25) is 0 Å². The third-order valence-electron chi connectivity index (χ3n) is 3.65. The van der Waals surface area contributed by atoms with Crippen molar-refractivity contribution in [1.29, 1.82) is 0 Å². The molecule has 0 amide bonds. The first-order chi connectivity index (χ1) is 6.20. The topological polar surface area (TPSA) is 0 Å². The zero-order chi connectivity index (χ0) is 9.68. The predicted octanol–water partition coefficient (Wildman–Crippen LogP) is 4.64. The second-order valence-corrected chi connectivity index (χ2v) is 5.35. The summed E-state index contributed by atoms with van der Waals surface area (Å²) in [5.74, 6) is 2.98. The fourth-order valence-corrected chi connectivity index (χ4v) is 2.61. The molecule has 1 saturated carbocycles. The minimum Gasteiger partial charge on any atom is -0.0628 e. The third kappa shape index (κ3) is 4.15. The molecule has 1 rings (SSSR count). The van der Waals surface area contributed by atoms with Gasteiger partial charge in [0.2, 0.25) is 0 Å². The lowest BCUT2D eigenvalue weighted by atomic mass is 9.87. The molecule has 13 heavy (non-hydrogen) atoms. The Balaban J connectivity index is 2.06. The van der Waals surface area contributed by atoms with E-state index in [4.69, 9.17) is 0 Å². The molecular weight excluding hydrogens is 156 g/mol. The quantitative estimate of drug-likeness (QED) is 0.581. The van der Waals surface area contributed by atoms with Gasteiger partial charge in [0, 0.05) is 0 Å². The Hall–Kier alpha value is 0. The summed E-state index contributed by atoms with van der Waals surface area (Å²) in [5.41, 5.74) is 0. The van der Waals surface area contributed by atoms with Gasteiger partial charge < -0.3 is 0 Å². The molecule has 0 radical (unpaired) electrons. The molecule has 78 valence electrons. The fraction of sp³-hybridized carbons (Fsp3) is 1.00. The zero-order valence-electron chi connectivity index (χ0n) is 9.68. The van der Waals surface area contributed by atoms with Crippen molar-refractivity contribution in [2.75, 3.05) is 0 Å². The molecule has 0 aromatic rings. The highest BCUT2D eigenvalue weighted by Gasteiger charge is 2.20. The van der Waals surface area contributed by atoms with Crippen LogP contribution in [0, 0.1) is 17.8 Å². The summed E-state index contributed by atoms with van der Waals surface area (Å²) >= 11 is 0. The van der Waals surface area contributed by atoms with Gasteiger partial charge in [-0.1, -0.05) is 65.7 Å². The zero-order valence-corrected chi connectivity index (χ0v) is 9.68. The maximum atomic E-state index is 2.47. The first-order valence-corrected chi connectivity index (χ1v) is 6.20. The molecule has 0 N–H and O–H groups in total. The lowest BCUT2D eigenvalue weighted by Gasteiger charge is -2.18. The molecule has 1 fully saturated rings. The Morgan fingerprint density at radius 1 is 1.00 bits per heavy atom. The largest absolute Gasteiger partial charge is 0.0628 e. The van der Waals surface area contributed by atoms with E-state index in [1.807, 2.05) is 0 Å². The van der Waals surface area contributed by atoms with Crippen LogP contribution in [0.15, 0.2) is 0 Å². The normalized spacial score (nSPS) is 21.2. The van der Waals surface area contributed by atoms with Crippen LogP contribution in [0.3, 0.4) is 0 Å². The van der Waals surface area contributed by atoms with Crippen LogP contribution in [-0.4, -0.2) is 0 Å². The average Bonchev–Trinajstić information content (AvgIpc) is 2.55. The van der Waals surface area contributed by atoms with Crippen molar-refractivity contribution in [3.05, 3.63) is 0 Å². The molecule has 0 aromatic carbocycles. The van der Waals surface area contributed by atoms with Crippen LogP contribution >= 0.6 is 0 Å². The Kier molecular flexibility index (Phi) is 4.83. The van der Waals surface area contributed by atoms with E-state index in [0.29, 0.717) is 0 Å². The molecule has 1 aliphatic carbocycles. The lowest BCUT2D eigenvalue weighted by Crippen LogP contribution is -2.07. The Bertz CT molecular complexity index is 120. The second-order valence-electron chi connectivity index (χ2n) is 5.35. The van der Waals surface area contributed by atoms with E-state index in [0.717, 1.165) is 17.8 Å². The minimum absolute atomic E-state index is 0.899. The van der Waals surface area contributed by atoms with Gasteiger partial charge >= 0.3 is 0 Å². The summed E-state index contributed by atoms with van der Waals surface area (Å²) in [5, 5.41) is 0. The number of rotatable bonds is 5. The molecule has 0 heteroatoms. The maximum absolute atomic E-state index is 2.47. The first kappa shape index (κ1) is 11.1. The summed E-state index contributed by atoms with van der Waals surface area (Å²) in [6, 6.07) is 0. The summed E-state index contributed by atoms with van der Waals surface area (Å²) in [7, 11) is 0. The Labute approximate surface area is 84.1 Å². The van der Waals surface area contributed by atoms with Crippen LogP contribution in [0.1, 0.15) is 65.7 Å². The third-order valence-corrected chi connectivity index (χ3v) is 3.65. The van der Waals surface area contributed by atoms with Crippen molar-refractivity contribution in [3.8, 4) is 0 Å². The SMILES string of the molecule is CC(C)CCCC(C)C1CCCC1. The number of hydrogen-bond acceptors (Lipinski definition) is 0. The highest BCUT2D eigenvalue weighted by molar-refractivity contribution is 4.72. The summed E-state index contributed by atoms with van der Waals surface area (Å²) in [4.78, 5) is 0. The Morgan fingerprint density at radius 2 is 1.62 bits per heavy atom. The van der Waals surface area contributed by atoms with Gasteiger partial charge in [0.15, 0.2) is 0 Å². The standard InChI is InChI=1S/C13H26/c1-11(2)7-6-8-12(3)13-9-4-5-10-13/h11-13H,4-10H2,1-3H3. The van der Waals surface area contributed by atoms with Crippen LogP contribution in [-0.2, 0) is 0 Å². The molecule has 0 aliphatic heterocycles. The van der Waals surface area contributed by atoms with Gasteiger partial charge in [0.05, 0.1) is 0 Å². The Morgan fingerprint density at radius 3 is 2.15 bits per heavy atom. The van der Waals surface area contributed by atoms with Crippen molar-refractivity contribution in [2.24, 2.45) is 17.8 Å². The predicted molar refractivity (Wildman–Crippen MR) is 59.8 cm³/mol. The van der Waals surface area contributed by atoms with Gasteiger partial charge in [0.25, 0.3) is 0 Å². The fourth-order valence-electron chi connectivity index (χ4n) is 2.61. The molecule has 1 unspecified atom stereocenters. The van der Waals surface area contributed by atoms with Crippen molar-refractivity contribution < 1.29 is 0 Å². The van der Waals surface area contributed by atoms with Crippen molar-refractivity contribution >= 4 is 0 Å².